The van der Waals surface area contributed by atoms with E-state index >= 15 is 0 Å². The molecule has 1 aliphatic rings. The molecule has 0 fully saturated rings. The van der Waals surface area contributed by atoms with Crippen LogP contribution in [0.3, 0.4) is 0 Å². The molecule has 37 heavy (non-hydrogen) atoms. The number of methoxy groups -OCH3 is 1. The Morgan fingerprint density at radius 2 is 1.65 bits per heavy atom. The zero-order chi connectivity index (χ0) is 27.3. The Balaban J connectivity index is 1.84. The van der Waals surface area contributed by atoms with E-state index in [0.29, 0.717) is 17.9 Å². The van der Waals surface area contributed by atoms with Gasteiger partial charge in [-0.15, -0.1) is 0 Å². The summed E-state index contributed by atoms with van der Waals surface area (Å²) in [4.78, 5) is 28.5. The van der Waals surface area contributed by atoms with Crippen molar-refractivity contribution in [3.05, 3.63) is 93.0 Å². The topological polar surface area (TPSA) is 67.9 Å². The smallest absolute Gasteiger partial charge is 0.336 e. The predicted molar refractivity (Wildman–Crippen MR) is 142 cm³/mol. The number of carbonyl (C=O) groups is 2. The third-order valence-electron chi connectivity index (χ3n) is 6.27. The number of hydrogen-bond acceptors (Lipinski definition) is 6. The lowest BCUT2D eigenvalue weighted by atomic mass is 9.80. The molecular formula is C29H34ClFN2O4. The first kappa shape index (κ1) is 28.4. The van der Waals surface area contributed by atoms with E-state index in [-0.39, 0.29) is 33.8 Å². The van der Waals surface area contributed by atoms with Crippen molar-refractivity contribution < 1.29 is 23.5 Å². The number of nitrogens with one attached hydrogen (secondary N) is 1. The summed E-state index contributed by atoms with van der Waals surface area (Å²) in [6.45, 7) is 9.04. The van der Waals surface area contributed by atoms with Crippen molar-refractivity contribution >= 4 is 23.5 Å². The number of hydrogen-bond donors (Lipinski definition) is 1. The van der Waals surface area contributed by atoms with Crippen LogP contribution in [0.15, 0.2) is 71.1 Å². The molecule has 6 nitrogen and oxygen atoms in total. The summed E-state index contributed by atoms with van der Waals surface area (Å²) in [7, 11) is 3.27. The van der Waals surface area contributed by atoms with Crippen LogP contribution in [0.5, 0.6) is 0 Å². The highest BCUT2D eigenvalue weighted by atomic mass is 35.5. The molecule has 0 amide bonds. The molecule has 1 heterocycles. The van der Waals surface area contributed by atoms with Crippen molar-refractivity contribution in [3.8, 4) is 0 Å². The van der Waals surface area contributed by atoms with Crippen molar-refractivity contribution in [1.29, 1.82) is 0 Å². The van der Waals surface area contributed by atoms with Crippen LogP contribution in [0, 0.1) is 11.2 Å². The van der Waals surface area contributed by atoms with Crippen LogP contribution in [0.1, 0.15) is 44.7 Å². The highest BCUT2D eigenvalue weighted by Crippen LogP contribution is 2.42. The summed E-state index contributed by atoms with van der Waals surface area (Å²) < 4.78 is 25.2. The molecule has 0 saturated heterocycles. The van der Waals surface area contributed by atoms with Gasteiger partial charge in [-0.25, -0.2) is 14.0 Å². The third-order valence-corrected chi connectivity index (χ3v) is 6.66. The summed E-state index contributed by atoms with van der Waals surface area (Å²) in [6.07, 6.45) is 0. The standard InChI is InChI=1S/C29H34ClFN2O4/c1-18-23(27(34)36-6)25(21-13-10-14-22(31)26(21)30)24(19(2)32-18)28(35)37-17-29(3,4)16-33(5)15-20-11-8-7-9-12-20/h7-14,25,32H,15-17H2,1-6H3. The Labute approximate surface area is 223 Å². The molecule has 1 atom stereocenters. The number of carbonyl (C=O) groups excluding carboxylic acids is 2. The third kappa shape index (κ3) is 6.79. The Hall–Kier alpha value is -3.16. The van der Waals surface area contributed by atoms with E-state index in [1.807, 2.05) is 39.1 Å². The van der Waals surface area contributed by atoms with Gasteiger partial charge >= 0.3 is 11.9 Å². The van der Waals surface area contributed by atoms with E-state index in [0.717, 1.165) is 6.54 Å². The van der Waals surface area contributed by atoms with Gasteiger partial charge in [0.15, 0.2) is 0 Å². The first-order chi connectivity index (χ1) is 17.4. The zero-order valence-electron chi connectivity index (χ0n) is 22.2. The van der Waals surface area contributed by atoms with Crippen molar-refractivity contribution in [3.63, 3.8) is 0 Å². The fourth-order valence-corrected chi connectivity index (χ4v) is 5.00. The van der Waals surface area contributed by atoms with Crippen molar-refractivity contribution in [2.45, 2.75) is 40.2 Å². The van der Waals surface area contributed by atoms with E-state index in [1.165, 1.54) is 24.8 Å². The average Bonchev–Trinajstić information content (AvgIpc) is 2.83. The van der Waals surface area contributed by atoms with Crippen LogP contribution in [-0.4, -0.2) is 44.1 Å². The molecule has 0 bridgehead atoms. The maximum Gasteiger partial charge on any atom is 0.336 e. The van der Waals surface area contributed by atoms with Crippen LogP contribution >= 0.6 is 11.6 Å². The van der Waals surface area contributed by atoms with Crippen molar-refractivity contribution in [1.82, 2.24) is 10.2 Å². The normalized spacial score (nSPS) is 16.1. The van der Waals surface area contributed by atoms with Gasteiger partial charge in [0, 0.05) is 29.9 Å². The van der Waals surface area contributed by atoms with Gasteiger partial charge in [0.2, 0.25) is 0 Å². The minimum absolute atomic E-state index is 0.140. The summed E-state index contributed by atoms with van der Waals surface area (Å²) in [5.41, 5.74) is 2.48. The Morgan fingerprint density at radius 3 is 2.27 bits per heavy atom. The first-order valence-electron chi connectivity index (χ1n) is 12.1. The maximum absolute atomic E-state index is 14.4. The molecule has 1 unspecified atom stereocenters. The second-order valence-electron chi connectivity index (χ2n) is 10.2. The molecule has 8 heteroatoms. The largest absolute Gasteiger partial charge is 0.466 e. The summed E-state index contributed by atoms with van der Waals surface area (Å²) >= 11 is 6.33. The van der Waals surface area contributed by atoms with E-state index < -0.39 is 23.7 Å². The summed E-state index contributed by atoms with van der Waals surface area (Å²) in [5.74, 6) is -2.85. The summed E-state index contributed by atoms with van der Waals surface area (Å²) in [6, 6.07) is 14.4. The fraction of sp³-hybridized carbons (Fsp3) is 0.379. The predicted octanol–water partition coefficient (Wildman–Crippen LogP) is 5.59. The molecule has 2 aromatic carbocycles. The van der Waals surface area contributed by atoms with Gasteiger partial charge < -0.3 is 19.7 Å². The highest BCUT2D eigenvalue weighted by molar-refractivity contribution is 6.31. The van der Waals surface area contributed by atoms with Gasteiger partial charge in [0.05, 0.1) is 35.8 Å². The minimum Gasteiger partial charge on any atom is -0.466 e. The van der Waals surface area contributed by atoms with E-state index in [2.05, 4.69) is 22.3 Å². The molecule has 0 spiro atoms. The molecule has 0 aliphatic carbocycles. The number of halogens is 2. The van der Waals surface area contributed by atoms with Crippen LogP contribution in [0.2, 0.25) is 5.02 Å². The van der Waals surface area contributed by atoms with Gasteiger partial charge in [-0.05, 0) is 38.1 Å². The molecule has 3 rings (SSSR count). The van der Waals surface area contributed by atoms with Crippen LogP contribution in [0.4, 0.5) is 4.39 Å². The fourth-order valence-electron chi connectivity index (χ4n) is 4.77. The number of rotatable bonds is 9. The van der Waals surface area contributed by atoms with E-state index in [4.69, 9.17) is 21.1 Å². The number of benzene rings is 2. The lowest BCUT2D eigenvalue weighted by molar-refractivity contribution is -0.142. The van der Waals surface area contributed by atoms with Gasteiger partial charge in [-0.2, -0.15) is 0 Å². The Bertz CT molecular complexity index is 1220. The molecule has 0 aromatic heterocycles. The molecule has 2 aromatic rings. The molecule has 0 saturated carbocycles. The number of allylic oxidation sites excluding steroid dienone is 2. The Morgan fingerprint density at radius 1 is 1.03 bits per heavy atom. The molecule has 0 radical (unpaired) electrons. The van der Waals surface area contributed by atoms with Gasteiger partial charge in [-0.1, -0.05) is 67.9 Å². The van der Waals surface area contributed by atoms with Crippen LogP contribution in [-0.2, 0) is 25.6 Å². The molecule has 1 aliphatic heterocycles. The first-order valence-corrected chi connectivity index (χ1v) is 12.4. The van der Waals surface area contributed by atoms with Gasteiger partial charge in [0.25, 0.3) is 0 Å². The summed E-state index contributed by atoms with van der Waals surface area (Å²) in [5, 5.41) is 2.92. The van der Waals surface area contributed by atoms with Crippen molar-refractivity contribution in [2.75, 3.05) is 27.3 Å². The zero-order valence-corrected chi connectivity index (χ0v) is 22.9. The molecule has 198 valence electrons. The van der Waals surface area contributed by atoms with Gasteiger partial charge in [0.1, 0.15) is 5.82 Å². The van der Waals surface area contributed by atoms with Crippen LogP contribution in [0.25, 0.3) is 0 Å². The number of dihydropyridines is 1. The molecular weight excluding hydrogens is 495 g/mol. The Kier molecular flexibility index (Phi) is 9.16. The average molecular weight is 529 g/mol. The number of esters is 2. The second kappa shape index (κ2) is 11.9. The monoisotopic (exact) mass is 528 g/mol. The number of ether oxygens (including phenoxy) is 2. The van der Waals surface area contributed by atoms with Gasteiger partial charge in [-0.3, -0.25) is 0 Å². The van der Waals surface area contributed by atoms with Crippen molar-refractivity contribution in [2.24, 2.45) is 5.41 Å². The van der Waals surface area contributed by atoms with E-state index in [1.54, 1.807) is 19.9 Å². The van der Waals surface area contributed by atoms with Crippen LogP contribution < -0.4 is 5.32 Å². The lowest BCUT2D eigenvalue weighted by Crippen LogP contribution is -2.37. The highest BCUT2D eigenvalue weighted by Gasteiger charge is 2.39. The minimum atomic E-state index is -0.951. The molecule has 1 N–H and O–H groups in total. The quantitative estimate of drug-likeness (QED) is 0.428. The maximum atomic E-state index is 14.4. The van der Waals surface area contributed by atoms with E-state index in [9.17, 15) is 14.0 Å². The number of nitrogens with zero attached hydrogens (tertiary/aromatic N) is 1. The second-order valence-corrected chi connectivity index (χ2v) is 10.5. The SMILES string of the molecule is COC(=O)C1=C(C)NC(C)=C(C(=O)OCC(C)(C)CN(C)Cc2ccccc2)C1c1cccc(F)c1Cl. The lowest BCUT2D eigenvalue weighted by Gasteiger charge is -2.33.